The summed E-state index contributed by atoms with van der Waals surface area (Å²) in [4.78, 5) is 25.8. The van der Waals surface area contributed by atoms with Gasteiger partial charge >= 0.3 is 0 Å². The van der Waals surface area contributed by atoms with E-state index in [1.165, 1.54) is 0 Å². The number of carbonyl (C=O) groups excluding carboxylic acids is 1. The second kappa shape index (κ2) is 7.54. The Bertz CT molecular complexity index is 594. The first-order valence-electron chi connectivity index (χ1n) is 7.49. The van der Waals surface area contributed by atoms with Crippen LogP contribution in [0.4, 0.5) is 4.39 Å². The van der Waals surface area contributed by atoms with Crippen LogP contribution in [0.3, 0.4) is 0 Å². The van der Waals surface area contributed by atoms with Crippen LogP contribution < -0.4 is 11.3 Å². The number of carbonyl (C=O) groups is 1. The quantitative estimate of drug-likeness (QED) is 0.829. The second-order valence-electron chi connectivity index (χ2n) is 6.41. The number of hydrogen-bond donors (Lipinski definition) is 1. The van der Waals surface area contributed by atoms with Crippen LogP contribution in [0, 0.1) is 18.7 Å². The first-order valence-corrected chi connectivity index (χ1v) is 7.49. The number of pyridine rings is 1. The Balaban J connectivity index is 3.33. The summed E-state index contributed by atoms with van der Waals surface area (Å²) in [7, 11) is 3.85. The molecule has 22 heavy (non-hydrogen) atoms. The van der Waals surface area contributed by atoms with Crippen LogP contribution in [0.1, 0.15) is 37.4 Å². The maximum Gasteiger partial charge on any atom is 0.287 e. The Morgan fingerprint density at radius 1 is 1.41 bits per heavy atom. The Labute approximate surface area is 130 Å². The predicted molar refractivity (Wildman–Crippen MR) is 85.3 cm³/mol. The van der Waals surface area contributed by atoms with Gasteiger partial charge in [0.2, 0.25) is 5.91 Å². The minimum Gasteiger partial charge on any atom is -0.368 e. The normalized spacial score (nSPS) is 12.9. The van der Waals surface area contributed by atoms with E-state index in [0.29, 0.717) is 18.4 Å². The molecule has 1 aromatic heterocycles. The van der Waals surface area contributed by atoms with Crippen molar-refractivity contribution in [1.29, 1.82) is 0 Å². The van der Waals surface area contributed by atoms with Gasteiger partial charge in [-0.1, -0.05) is 13.8 Å². The third-order valence-electron chi connectivity index (χ3n) is 3.72. The monoisotopic (exact) mass is 311 g/mol. The first kappa shape index (κ1) is 18.4. The van der Waals surface area contributed by atoms with Crippen molar-refractivity contribution in [3.63, 3.8) is 0 Å². The van der Waals surface area contributed by atoms with Gasteiger partial charge in [-0.15, -0.1) is 0 Å². The van der Waals surface area contributed by atoms with Crippen LogP contribution in [0.25, 0.3) is 0 Å². The summed E-state index contributed by atoms with van der Waals surface area (Å²) in [6, 6.07) is -0.819. The van der Waals surface area contributed by atoms with Crippen LogP contribution in [0.15, 0.2) is 11.0 Å². The molecule has 6 heteroatoms. The molecule has 0 bridgehead atoms. The second-order valence-corrected chi connectivity index (χ2v) is 6.41. The minimum atomic E-state index is -0.819. The smallest absolute Gasteiger partial charge is 0.287 e. The summed E-state index contributed by atoms with van der Waals surface area (Å²) in [5.41, 5.74) is 5.70. The first-order chi connectivity index (χ1) is 10.1. The molecule has 0 aromatic carbocycles. The Morgan fingerprint density at radius 2 is 2.00 bits per heavy atom. The molecule has 0 spiro atoms. The molecule has 0 fully saturated rings. The van der Waals surface area contributed by atoms with Crippen molar-refractivity contribution in [2.75, 3.05) is 20.6 Å². The van der Waals surface area contributed by atoms with E-state index < -0.39 is 23.3 Å². The molecule has 0 radical (unpaired) electrons. The van der Waals surface area contributed by atoms with Crippen molar-refractivity contribution in [1.82, 2.24) is 9.47 Å². The Hall–Kier alpha value is -1.69. The lowest BCUT2D eigenvalue weighted by Gasteiger charge is -2.21. The van der Waals surface area contributed by atoms with Crippen LogP contribution in [-0.2, 0) is 11.2 Å². The lowest BCUT2D eigenvalue weighted by molar-refractivity contribution is -0.121. The van der Waals surface area contributed by atoms with E-state index in [4.69, 9.17) is 5.73 Å². The van der Waals surface area contributed by atoms with E-state index in [2.05, 4.69) is 0 Å². The molecule has 0 saturated heterocycles. The molecule has 1 heterocycles. The number of nitrogens with zero attached hydrogens (tertiary/aromatic N) is 2. The number of aromatic nitrogens is 1. The molecule has 124 valence electrons. The SMILES string of the molecule is Cc1c(CCN(C)C)cn(C(CC(C)C)C(N)=O)c(=O)c1F. The van der Waals surface area contributed by atoms with Crippen LogP contribution in [-0.4, -0.2) is 36.0 Å². The fourth-order valence-electron chi connectivity index (χ4n) is 2.38. The van der Waals surface area contributed by atoms with Crippen molar-refractivity contribution in [2.24, 2.45) is 11.7 Å². The van der Waals surface area contributed by atoms with Crippen LogP contribution in [0.5, 0.6) is 0 Å². The molecule has 0 aliphatic heterocycles. The number of halogens is 1. The fourth-order valence-corrected chi connectivity index (χ4v) is 2.38. The number of amides is 1. The van der Waals surface area contributed by atoms with E-state index in [9.17, 15) is 14.0 Å². The summed E-state index contributed by atoms with van der Waals surface area (Å²) in [6.45, 7) is 6.18. The van der Waals surface area contributed by atoms with E-state index in [0.717, 1.165) is 16.7 Å². The average molecular weight is 311 g/mol. The van der Waals surface area contributed by atoms with Crippen LogP contribution in [0.2, 0.25) is 0 Å². The predicted octanol–water partition coefficient (Wildman–Crippen LogP) is 1.47. The summed E-state index contributed by atoms with van der Waals surface area (Å²) >= 11 is 0. The Morgan fingerprint density at radius 3 is 2.45 bits per heavy atom. The standard InChI is InChI=1S/C16H26FN3O2/c1-10(2)8-13(15(18)21)20-9-12(6-7-19(4)5)11(3)14(17)16(20)22/h9-10,13H,6-8H2,1-5H3,(H2,18,21). The molecule has 1 unspecified atom stereocenters. The van der Waals surface area contributed by atoms with E-state index >= 15 is 0 Å². The van der Waals surface area contributed by atoms with Gasteiger partial charge in [-0.3, -0.25) is 9.59 Å². The van der Waals surface area contributed by atoms with Gasteiger partial charge in [-0.2, -0.15) is 0 Å². The van der Waals surface area contributed by atoms with E-state index in [1.807, 2.05) is 32.8 Å². The topological polar surface area (TPSA) is 68.3 Å². The number of nitrogens with two attached hydrogens (primary N) is 1. The molecule has 1 aromatic rings. The number of rotatable bonds is 7. The number of likely N-dealkylation sites (N-methyl/N-ethyl adjacent to an activating group) is 1. The Kier molecular flexibility index (Phi) is 6.29. The van der Waals surface area contributed by atoms with Gasteiger partial charge in [0, 0.05) is 12.7 Å². The lowest BCUT2D eigenvalue weighted by Crippen LogP contribution is -2.36. The van der Waals surface area contributed by atoms with E-state index in [-0.39, 0.29) is 5.92 Å². The largest absolute Gasteiger partial charge is 0.368 e. The maximum absolute atomic E-state index is 14.2. The molecule has 1 rings (SSSR count). The minimum absolute atomic E-state index is 0.166. The molecule has 0 saturated carbocycles. The van der Waals surface area contributed by atoms with Gasteiger partial charge < -0.3 is 15.2 Å². The highest BCUT2D eigenvalue weighted by atomic mass is 19.1. The average Bonchev–Trinajstić information content (AvgIpc) is 2.41. The number of hydrogen-bond acceptors (Lipinski definition) is 3. The lowest BCUT2D eigenvalue weighted by atomic mass is 10.0. The van der Waals surface area contributed by atoms with Crippen molar-refractivity contribution < 1.29 is 9.18 Å². The zero-order valence-corrected chi connectivity index (χ0v) is 14.0. The van der Waals surface area contributed by atoms with Crippen molar-refractivity contribution in [3.8, 4) is 0 Å². The summed E-state index contributed by atoms with van der Waals surface area (Å²) < 4.78 is 15.4. The van der Waals surface area contributed by atoms with Gasteiger partial charge in [-0.05, 0) is 50.9 Å². The molecular weight excluding hydrogens is 285 g/mol. The maximum atomic E-state index is 14.2. The summed E-state index contributed by atoms with van der Waals surface area (Å²) in [5, 5.41) is 0. The van der Waals surface area contributed by atoms with Crippen molar-refractivity contribution in [2.45, 2.75) is 39.7 Å². The van der Waals surface area contributed by atoms with E-state index in [1.54, 1.807) is 13.1 Å². The summed E-state index contributed by atoms with van der Waals surface area (Å²) in [6.07, 6.45) is 2.59. The van der Waals surface area contributed by atoms with Gasteiger partial charge in [0.05, 0.1) is 0 Å². The van der Waals surface area contributed by atoms with Crippen molar-refractivity contribution in [3.05, 3.63) is 33.5 Å². The van der Waals surface area contributed by atoms with Gasteiger partial charge in [0.1, 0.15) is 6.04 Å². The molecule has 0 aliphatic rings. The summed E-state index contributed by atoms with van der Waals surface area (Å²) in [5.74, 6) is -1.25. The highest BCUT2D eigenvalue weighted by Gasteiger charge is 2.23. The molecule has 1 atom stereocenters. The highest BCUT2D eigenvalue weighted by Crippen LogP contribution is 2.19. The third kappa shape index (κ3) is 4.40. The van der Waals surface area contributed by atoms with Crippen molar-refractivity contribution >= 4 is 5.91 Å². The zero-order valence-electron chi connectivity index (χ0n) is 14.0. The van der Waals surface area contributed by atoms with Gasteiger partial charge in [-0.25, -0.2) is 4.39 Å². The third-order valence-corrected chi connectivity index (χ3v) is 3.72. The molecule has 1 amide bonds. The van der Waals surface area contributed by atoms with Crippen LogP contribution >= 0.6 is 0 Å². The van der Waals surface area contributed by atoms with Gasteiger partial charge in [0.25, 0.3) is 5.56 Å². The molecule has 2 N–H and O–H groups in total. The molecular formula is C16H26FN3O2. The molecule has 0 aliphatic carbocycles. The highest BCUT2D eigenvalue weighted by molar-refractivity contribution is 5.78. The number of primary amides is 1. The van der Waals surface area contributed by atoms with Gasteiger partial charge in [0.15, 0.2) is 5.82 Å². The zero-order chi connectivity index (χ0) is 17.0. The molecule has 5 nitrogen and oxygen atoms in total. The fraction of sp³-hybridized carbons (Fsp3) is 0.625.